The molecule has 0 aromatic heterocycles. The summed E-state index contributed by atoms with van der Waals surface area (Å²) in [4.78, 5) is 0. The van der Waals surface area contributed by atoms with Crippen LogP contribution in [0.2, 0.25) is 0 Å². The molecule has 0 radical (unpaired) electrons. The molecule has 0 aliphatic rings. The Morgan fingerprint density at radius 1 is 1.15 bits per heavy atom. The molecule has 0 aliphatic carbocycles. The normalized spacial score (nSPS) is 14.5. The average Bonchev–Trinajstić information content (AvgIpc) is 2.42. The van der Waals surface area contributed by atoms with Crippen molar-refractivity contribution in [1.29, 1.82) is 0 Å². The Balaban J connectivity index is 2.95. The van der Waals surface area contributed by atoms with Gasteiger partial charge in [-0.1, -0.05) is 52.0 Å². The molecule has 2 heteroatoms. The molecule has 2 unspecified atom stereocenters. The fourth-order valence-electron chi connectivity index (χ4n) is 2.73. The molecule has 1 N–H and O–H groups in total. The molecule has 2 nitrogen and oxygen atoms in total. The van der Waals surface area contributed by atoms with E-state index in [1.54, 1.807) is 0 Å². The minimum atomic E-state index is 0.245. The number of hydrogen-bond donors (Lipinski definition) is 1. The number of ether oxygens (including phenoxy) is 1. The largest absolute Gasteiger partial charge is 0.377 e. The summed E-state index contributed by atoms with van der Waals surface area (Å²) in [5.74, 6) is 0.691. The van der Waals surface area contributed by atoms with E-state index in [2.05, 4.69) is 64.2 Å². The fourth-order valence-corrected chi connectivity index (χ4v) is 2.73. The van der Waals surface area contributed by atoms with Gasteiger partial charge in [-0.2, -0.15) is 0 Å². The van der Waals surface area contributed by atoms with Gasteiger partial charge in [0.2, 0.25) is 0 Å². The summed E-state index contributed by atoms with van der Waals surface area (Å²) in [7, 11) is 0. The highest BCUT2D eigenvalue weighted by molar-refractivity contribution is 5.27. The Kier molecular flexibility index (Phi) is 7.86. The smallest absolute Gasteiger partial charge is 0.0766 e. The Hall–Kier alpha value is -0.860. The van der Waals surface area contributed by atoms with Gasteiger partial charge in [-0.25, -0.2) is 0 Å². The molecule has 0 fully saturated rings. The third-order valence-corrected chi connectivity index (χ3v) is 3.53. The molecule has 0 saturated heterocycles. The highest BCUT2D eigenvalue weighted by Crippen LogP contribution is 2.23. The number of rotatable bonds is 9. The lowest BCUT2D eigenvalue weighted by atomic mass is 9.95. The lowest BCUT2D eigenvalue weighted by Crippen LogP contribution is -2.33. The maximum Gasteiger partial charge on any atom is 0.0766 e. The fraction of sp³-hybridized carbons (Fsp3) is 0.667. The lowest BCUT2D eigenvalue weighted by Gasteiger charge is -2.27. The zero-order valence-corrected chi connectivity index (χ0v) is 13.8. The van der Waals surface area contributed by atoms with Crippen molar-refractivity contribution in [3.63, 3.8) is 0 Å². The topological polar surface area (TPSA) is 21.3 Å². The van der Waals surface area contributed by atoms with E-state index in [1.807, 2.05) is 0 Å². The molecule has 1 rings (SSSR count). The summed E-state index contributed by atoms with van der Waals surface area (Å²) < 4.78 is 5.92. The average molecular weight is 277 g/mol. The van der Waals surface area contributed by atoms with Gasteiger partial charge in [0.25, 0.3) is 0 Å². The molecular formula is C18H31NO. The van der Waals surface area contributed by atoms with Crippen molar-refractivity contribution in [2.24, 2.45) is 5.92 Å². The Morgan fingerprint density at radius 3 is 2.45 bits per heavy atom. The molecule has 0 bridgehead atoms. The van der Waals surface area contributed by atoms with Crippen LogP contribution in [0.25, 0.3) is 0 Å². The van der Waals surface area contributed by atoms with E-state index in [1.165, 1.54) is 11.1 Å². The van der Waals surface area contributed by atoms with Gasteiger partial charge in [0.05, 0.1) is 12.1 Å². The summed E-state index contributed by atoms with van der Waals surface area (Å²) in [5.41, 5.74) is 2.78. The first-order valence-corrected chi connectivity index (χ1v) is 8.06. The quantitative estimate of drug-likeness (QED) is 0.724. The Morgan fingerprint density at radius 2 is 1.90 bits per heavy atom. The Bertz CT molecular complexity index is 375. The highest BCUT2D eigenvalue weighted by Gasteiger charge is 2.21. The number of benzene rings is 1. The van der Waals surface area contributed by atoms with Crippen molar-refractivity contribution in [3.8, 4) is 0 Å². The van der Waals surface area contributed by atoms with Gasteiger partial charge in [0, 0.05) is 6.61 Å². The van der Waals surface area contributed by atoms with E-state index in [0.29, 0.717) is 5.92 Å². The van der Waals surface area contributed by atoms with Crippen LogP contribution in [0.5, 0.6) is 0 Å². The van der Waals surface area contributed by atoms with Crippen molar-refractivity contribution in [2.75, 3.05) is 13.2 Å². The zero-order valence-electron chi connectivity index (χ0n) is 13.8. The second kappa shape index (κ2) is 9.15. The van der Waals surface area contributed by atoms with Gasteiger partial charge >= 0.3 is 0 Å². The zero-order chi connectivity index (χ0) is 15.0. The third kappa shape index (κ3) is 5.26. The summed E-state index contributed by atoms with van der Waals surface area (Å²) in [6.45, 7) is 12.7. The molecule has 0 saturated carbocycles. The minimum Gasteiger partial charge on any atom is -0.377 e. The number of nitrogens with one attached hydrogen (secondary N) is 1. The second-order valence-electron chi connectivity index (χ2n) is 5.78. The third-order valence-electron chi connectivity index (χ3n) is 3.53. The molecule has 1 aromatic carbocycles. The monoisotopic (exact) mass is 277 g/mol. The maximum atomic E-state index is 5.92. The summed E-state index contributed by atoms with van der Waals surface area (Å²) in [6, 6.07) is 9.26. The molecule has 0 aliphatic heterocycles. The lowest BCUT2D eigenvalue weighted by molar-refractivity contribution is 0.0318. The molecular weight excluding hydrogens is 246 g/mol. The van der Waals surface area contributed by atoms with Gasteiger partial charge in [0.1, 0.15) is 0 Å². The van der Waals surface area contributed by atoms with Crippen LogP contribution < -0.4 is 5.32 Å². The molecule has 0 heterocycles. The van der Waals surface area contributed by atoms with Gasteiger partial charge in [0.15, 0.2) is 0 Å². The summed E-state index contributed by atoms with van der Waals surface area (Å²) in [5, 5.41) is 3.59. The van der Waals surface area contributed by atoms with Crippen LogP contribution in [0.15, 0.2) is 24.3 Å². The summed E-state index contributed by atoms with van der Waals surface area (Å²) >= 11 is 0. The van der Waals surface area contributed by atoms with Crippen LogP contribution in [0.4, 0.5) is 0 Å². The second-order valence-corrected chi connectivity index (χ2v) is 5.78. The van der Waals surface area contributed by atoms with E-state index in [-0.39, 0.29) is 12.1 Å². The minimum absolute atomic E-state index is 0.245. The standard InChI is InChI=1S/C18H31NO/c1-6-17(20-8-3)18(19-7-2)16-11-9-10-15(13-16)12-14(4)5/h9-11,13-14,17-19H,6-8,12H2,1-5H3. The van der Waals surface area contributed by atoms with Crippen molar-refractivity contribution >= 4 is 0 Å². The first kappa shape index (κ1) is 17.2. The van der Waals surface area contributed by atoms with Crippen molar-refractivity contribution < 1.29 is 4.74 Å². The molecule has 0 spiro atoms. The van der Waals surface area contributed by atoms with E-state index in [9.17, 15) is 0 Å². The number of hydrogen-bond acceptors (Lipinski definition) is 2. The van der Waals surface area contributed by atoms with E-state index < -0.39 is 0 Å². The highest BCUT2D eigenvalue weighted by atomic mass is 16.5. The van der Waals surface area contributed by atoms with Gasteiger partial charge in [-0.15, -0.1) is 0 Å². The van der Waals surface area contributed by atoms with Crippen LogP contribution in [0.3, 0.4) is 0 Å². The first-order chi connectivity index (χ1) is 9.62. The van der Waals surface area contributed by atoms with Crippen LogP contribution in [0.1, 0.15) is 58.2 Å². The summed E-state index contributed by atoms with van der Waals surface area (Å²) in [6.07, 6.45) is 2.41. The van der Waals surface area contributed by atoms with Crippen molar-refractivity contribution in [3.05, 3.63) is 35.4 Å². The predicted octanol–water partition coefficient (Wildman–Crippen LogP) is 4.35. The SMILES string of the molecule is CCNC(c1cccc(CC(C)C)c1)C(CC)OCC. The molecule has 1 aromatic rings. The van der Waals surface area contributed by atoms with E-state index in [4.69, 9.17) is 4.74 Å². The molecule has 2 atom stereocenters. The van der Waals surface area contributed by atoms with Gasteiger partial charge < -0.3 is 10.1 Å². The van der Waals surface area contributed by atoms with Crippen molar-refractivity contribution in [2.45, 2.75) is 59.6 Å². The van der Waals surface area contributed by atoms with Crippen LogP contribution >= 0.6 is 0 Å². The van der Waals surface area contributed by atoms with Crippen LogP contribution in [-0.2, 0) is 11.2 Å². The van der Waals surface area contributed by atoms with E-state index in [0.717, 1.165) is 26.0 Å². The van der Waals surface area contributed by atoms with Crippen molar-refractivity contribution in [1.82, 2.24) is 5.32 Å². The van der Waals surface area contributed by atoms with Crippen LogP contribution in [-0.4, -0.2) is 19.3 Å². The molecule has 114 valence electrons. The Labute approximate surface area is 124 Å². The predicted molar refractivity (Wildman–Crippen MR) is 87.1 cm³/mol. The van der Waals surface area contributed by atoms with E-state index >= 15 is 0 Å². The van der Waals surface area contributed by atoms with Gasteiger partial charge in [-0.3, -0.25) is 0 Å². The van der Waals surface area contributed by atoms with Gasteiger partial charge in [-0.05, 0) is 43.4 Å². The number of likely N-dealkylation sites (N-methyl/N-ethyl adjacent to an activating group) is 1. The molecule has 0 amide bonds. The van der Waals surface area contributed by atoms with Crippen LogP contribution in [0, 0.1) is 5.92 Å². The molecule has 20 heavy (non-hydrogen) atoms. The maximum absolute atomic E-state index is 5.92. The first-order valence-electron chi connectivity index (χ1n) is 8.06.